The van der Waals surface area contributed by atoms with Gasteiger partial charge in [0.25, 0.3) is 5.89 Å². The Hall–Kier alpha value is -1.55. The zero-order chi connectivity index (χ0) is 12.5. The summed E-state index contributed by atoms with van der Waals surface area (Å²) in [5, 5.41) is 4.57. The molecule has 0 amide bonds. The number of nitrogens with zero attached hydrogens (tertiary/aromatic N) is 2. The van der Waals surface area contributed by atoms with Gasteiger partial charge in [-0.25, -0.2) is 0 Å². The van der Waals surface area contributed by atoms with Crippen LogP contribution >= 0.6 is 11.6 Å². The molecule has 18 heavy (non-hydrogen) atoms. The number of anilines is 1. The van der Waals surface area contributed by atoms with Gasteiger partial charge in [0.05, 0.1) is 10.7 Å². The molecule has 1 heterocycles. The zero-order valence-electron chi connectivity index (χ0n) is 9.90. The van der Waals surface area contributed by atoms with Crippen LogP contribution in [-0.4, -0.2) is 10.1 Å². The summed E-state index contributed by atoms with van der Waals surface area (Å²) in [6.07, 6.45) is 4.81. The van der Waals surface area contributed by atoms with Gasteiger partial charge >= 0.3 is 0 Å². The quantitative estimate of drug-likeness (QED) is 0.841. The smallest absolute Gasteiger partial charge is 0.257 e. The highest BCUT2D eigenvalue weighted by atomic mass is 35.5. The molecule has 0 spiro atoms. The summed E-state index contributed by atoms with van der Waals surface area (Å²) in [5.74, 6) is 1.78. The largest absolute Gasteiger partial charge is 0.398 e. The third-order valence-electron chi connectivity index (χ3n) is 3.41. The van der Waals surface area contributed by atoms with E-state index in [2.05, 4.69) is 10.1 Å². The number of nitrogens with two attached hydrogens (primary N) is 1. The van der Waals surface area contributed by atoms with Gasteiger partial charge < -0.3 is 10.3 Å². The molecule has 0 saturated heterocycles. The average Bonchev–Trinajstić information content (AvgIpc) is 3.01. The van der Waals surface area contributed by atoms with Crippen LogP contribution in [-0.2, 0) is 0 Å². The van der Waals surface area contributed by atoms with E-state index in [-0.39, 0.29) is 0 Å². The van der Waals surface area contributed by atoms with Crippen molar-refractivity contribution in [2.24, 2.45) is 0 Å². The maximum atomic E-state index is 5.98. The minimum Gasteiger partial charge on any atom is -0.398 e. The second-order valence-electron chi connectivity index (χ2n) is 4.68. The molecule has 5 heteroatoms. The van der Waals surface area contributed by atoms with Crippen LogP contribution in [0.1, 0.15) is 37.4 Å². The molecule has 4 nitrogen and oxygen atoms in total. The van der Waals surface area contributed by atoms with E-state index in [4.69, 9.17) is 21.9 Å². The first-order valence-corrected chi connectivity index (χ1v) is 6.51. The van der Waals surface area contributed by atoms with Crippen molar-refractivity contribution in [3.8, 4) is 11.5 Å². The fraction of sp³-hybridized carbons (Fsp3) is 0.385. The van der Waals surface area contributed by atoms with E-state index in [1.807, 2.05) is 6.07 Å². The Morgan fingerprint density at radius 2 is 2.06 bits per heavy atom. The van der Waals surface area contributed by atoms with Gasteiger partial charge in [-0.05, 0) is 31.0 Å². The Kier molecular flexibility index (Phi) is 2.96. The summed E-state index contributed by atoms with van der Waals surface area (Å²) in [5.41, 5.74) is 7.04. The van der Waals surface area contributed by atoms with E-state index in [1.54, 1.807) is 12.1 Å². The van der Waals surface area contributed by atoms with Gasteiger partial charge in [0.1, 0.15) is 0 Å². The molecule has 2 aromatic rings. The fourth-order valence-corrected chi connectivity index (χ4v) is 2.54. The predicted molar refractivity (Wildman–Crippen MR) is 70.4 cm³/mol. The minimum absolute atomic E-state index is 0.451. The Labute approximate surface area is 110 Å². The fourth-order valence-electron chi connectivity index (χ4n) is 2.36. The van der Waals surface area contributed by atoms with Gasteiger partial charge in [0.15, 0.2) is 5.82 Å². The van der Waals surface area contributed by atoms with Crippen LogP contribution in [0.25, 0.3) is 11.5 Å². The highest BCUT2D eigenvalue weighted by Crippen LogP contribution is 2.33. The van der Waals surface area contributed by atoms with Crippen molar-refractivity contribution in [1.82, 2.24) is 10.1 Å². The normalized spacial score (nSPS) is 16.3. The van der Waals surface area contributed by atoms with E-state index in [0.29, 0.717) is 22.5 Å². The first-order valence-electron chi connectivity index (χ1n) is 6.13. The van der Waals surface area contributed by atoms with Crippen molar-refractivity contribution in [3.63, 3.8) is 0 Å². The monoisotopic (exact) mass is 263 g/mol. The second kappa shape index (κ2) is 4.61. The summed E-state index contributed by atoms with van der Waals surface area (Å²) >= 11 is 5.98. The van der Waals surface area contributed by atoms with Crippen LogP contribution in [0.5, 0.6) is 0 Å². The molecule has 1 aliphatic rings. The van der Waals surface area contributed by atoms with Crippen LogP contribution in [0.15, 0.2) is 22.7 Å². The van der Waals surface area contributed by atoms with Gasteiger partial charge in [-0.3, -0.25) is 0 Å². The summed E-state index contributed by atoms with van der Waals surface area (Å²) in [4.78, 5) is 4.46. The molecule has 1 aromatic heterocycles. The number of benzene rings is 1. The van der Waals surface area contributed by atoms with E-state index in [1.165, 1.54) is 12.8 Å². The van der Waals surface area contributed by atoms with Crippen molar-refractivity contribution in [3.05, 3.63) is 29.0 Å². The molecule has 0 bridgehead atoms. The predicted octanol–water partition coefficient (Wildman–Crippen LogP) is 3.63. The summed E-state index contributed by atoms with van der Waals surface area (Å²) < 4.78 is 5.30. The summed E-state index contributed by atoms with van der Waals surface area (Å²) in [6.45, 7) is 0. The SMILES string of the molecule is Nc1ccc(-c2nc(C3CCCC3)no2)cc1Cl. The van der Waals surface area contributed by atoms with E-state index >= 15 is 0 Å². The molecule has 1 aromatic carbocycles. The van der Waals surface area contributed by atoms with Crippen LogP contribution < -0.4 is 5.73 Å². The summed E-state index contributed by atoms with van der Waals surface area (Å²) in [7, 11) is 0. The number of hydrogen-bond donors (Lipinski definition) is 1. The van der Waals surface area contributed by atoms with Gasteiger partial charge in [-0.2, -0.15) is 4.98 Å². The Morgan fingerprint density at radius 3 is 2.78 bits per heavy atom. The third kappa shape index (κ3) is 2.08. The highest BCUT2D eigenvalue weighted by molar-refractivity contribution is 6.33. The van der Waals surface area contributed by atoms with Gasteiger partial charge in [0.2, 0.25) is 0 Å². The van der Waals surface area contributed by atoms with Crippen LogP contribution in [0.3, 0.4) is 0 Å². The average molecular weight is 264 g/mol. The number of halogens is 1. The lowest BCUT2D eigenvalue weighted by molar-refractivity contribution is 0.416. The molecule has 1 saturated carbocycles. The molecule has 0 unspecified atom stereocenters. The minimum atomic E-state index is 0.451. The highest BCUT2D eigenvalue weighted by Gasteiger charge is 2.22. The number of aromatic nitrogens is 2. The molecule has 1 fully saturated rings. The van der Waals surface area contributed by atoms with Crippen molar-refractivity contribution >= 4 is 17.3 Å². The van der Waals surface area contributed by atoms with Crippen molar-refractivity contribution in [1.29, 1.82) is 0 Å². The molecule has 2 N–H and O–H groups in total. The van der Waals surface area contributed by atoms with Crippen LogP contribution in [0.2, 0.25) is 5.02 Å². The van der Waals surface area contributed by atoms with Crippen molar-refractivity contribution < 1.29 is 4.52 Å². The maximum Gasteiger partial charge on any atom is 0.257 e. The van der Waals surface area contributed by atoms with Gasteiger partial charge in [-0.15, -0.1) is 0 Å². The molecular weight excluding hydrogens is 250 g/mol. The van der Waals surface area contributed by atoms with Crippen molar-refractivity contribution in [2.75, 3.05) is 5.73 Å². The summed E-state index contributed by atoms with van der Waals surface area (Å²) in [6, 6.07) is 5.34. The maximum absolute atomic E-state index is 5.98. The lowest BCUT2D eigenvalue weighted by Crippen LogP contribution is -1.94. The van der Waals surface area contributed by atoms with Gasteiger partial charge in [-0.1, -0.05) is 29.6 Å². The Balaban J connectivity index is 1.89. The molecule has 1 aliphatic carbocycles. The molecule has 0 aliphatic heterocycles. The van der Waals surface area contributed by atoms with E-state index in [0.717, 1.165) is 24.2 Å². The molecule has 3 rings (SSSR count). The van der Waals surface area contributed by atoms with Gasteiger partial charge in [0, 0.05) is 11.5 Å². The Morgan fingerprint density at radius 1 is 1.28 bits per heavy atom. The lowest BCUT2D eigenvalue weighted by atomic mass is 10.1. The van der Waals surface area contributed by atoms with E-state index < -0.39 is 0 Å². The number of nitrogen functional groups attached to an aromatic ring is 1. The first kappa shape index (κ1) is 11.5. The molecule has 0 atom stereocenters. The van der Waals surface area contributed by atoms with Crippen LogP contribution in [0.4, 0.5) is 5.69 Å². The lowest BCUT2D eigenvalue weighted by Gasteiger charge is -2.00. The van der Waals surface area contributed by atoms with E-state index in [9.17, 15) is 0 Å². The first-order chi connectivity index (χ1) is 8.74. The van der Waals surface area contributed by atoms with Crippen LogP contribution in [0, 0.1) is 0 Å². The molecule has 94 valence electrons. The Bertz CT molecular complexity index is 561. The van der Waals surface area contributed by atoms with Crippen molar-refractivity contribution in [2.45, 2.75) is 31.6 Å². The molecular formula is C13H14ClN3O. The third-order valence-corrected chi connectivity index (χ3v) is 3.74. The second-order valence-corrected chi connectivity index (χ2v) is 5.08. The number of rotatable bonds is 2. The number of hydrogen-bond acceptors (Lipinski definition) is 4. The zero-order valence-corrected chi connectivity index (χ0v) is 10.7. The topological polar surface area (TPSA) is 64.9 Å². The molecule has 0 radical (unpaired) electrons. The standard InChI is InChI=1S/C13H14ClN3O/c14-10-7-9(5-6-11(10)15)13-16-12(17-18-13)8-3-1-2-4-8/h5-8H,1-4,15H2.